The number of thioether (sulfide) groups is 1. The lowest BCUT2D eigenvalue weighted by molar-refractivity contribution is -0.139. The van der Waals surface area contributed by atoms with Crippen LogP contribution >= 0.6 is 11.8 Å². The molecule has 0 amide bonds. The topological polar surface area (TPSA) is 46.6 Å². The second-order valence-corrected chi connectivity index (χ2v) is 5.27. The van der Waals surface area contributed by atoms with E-state index in [-0.39, 0.29) is 11.4 Å². The Morgan fingerprint density at radius 1 is 1.53 bits per heavy atom. The fraction of sp³-hybridized carbons (Fsp3) is 0.667. The van der Waals surface area contributed by atoms with E-state index in [1.54, 1.807) is 18.7 Å². The van der Waals surface area contributed by atoms with E-state index in [1.165, 1.54) is 6.92 Å². The Bertz CT molecular complexity index is 378. The zero-order chi connectivity index (χ0) is 12.4. The molecule has 2 saturated heterocycles. The molecule has 0 aromatic rings. The zero-order valence-electron chi connectivity index (χ0n) is 10.2. The van der Waals surface area contributed by atoms with Crippen LogP contribution in [0.2, 0.25) is 0 Å². The van der Waals surface area contributed by atoms with Gasteiger partial charge in [0.05, 0.1) is 11.6 Å². The molecule has 0 spiro atoms. The number of hydrogen-bond acceptors (Lipinski definition) is 5. The molecule has 2 aliphatic heterocycles. The van der Waals surface area contributed by atoms with E-state index in [9.17, 15) is 9.59 Å². The van der Waals surface area contributed by atoms with Crippen LogP contribution in [0.1, 0.15) is 26.7 Å². The van der Waals surface area contributed by atoms with Crippen LogP contribution in [-0.2, 0) is 14.3 Å². The lowest BCUT2D eigenvalue weighted by Crippen LogP contribution is -2.26. The Morgan fingerprint density at radius 3 is 2.94 bits per heavy atom. The van der Waals surface area contributed by atoms with Crippen molar-refractivity contribution in [3.63, 3.8) is 0 Å². The number of rotatable bonds is 3. The first-order valence-electron chi connectivity index (χ1n) is 5.97. The number of Topliss-reactive ketones (excluding diaryl/α,β-unsaturated/α-hetero) is 1. The van der Waals surface area contributed by atoms with Gasteiger partial charge in [0, 0.05) is 18.3 Å². The highest BCUT2D eigenvalue weighted by Gasteiger charge is 2.37. The summed E-state index contributed by atoms with van der Waals surface area (Å²) >= 11 is 1.61. The number of ether oxygens (including phenoxy) is 1. The molecule has 17 heavy (non-hydrogen) atoms. The van der Waals surface area contributed by atoms with Crippen LogP contribution in [0.3, 0.4) is 0 Å². The average molecular weight is 255 g/mol. The van der Waals surface area contributed by atoms with E-state index in [4.69, 9.17) is 4.74 Å². The second-order valence-electron chi connectivity index (χ2n) is 4.26. The smallest absolute Gasteiger partial charge is 0.344 e. The Kier molecular flexibility index (Phi) is 3.76. The van der Waals surface area contributed by atoms with Gasteiger partial charge in [-0.15, -0.1) is 11.8 Å². The van der Waals surface area contributed by atoms with Crippen LogP contribution in [0.25, 0.3) is 0 Å². The maximum absolute atomic E-state index is 11.8. The third kappa shape index (κ3) is 2.34. The summed E-state index contributed by atoms with van der Waals surface area (Å²) < 4.78 is 4.97. The lowest BCUT2D eigenvalue weighted by Gasteiger charge is -2.19. The van der Waals surface area contributed by atoms with Crippen molar-refractivity contribution in [2.75, 3.05) is 18.9 Å². The normalized spacial score (nSPS) is 25.8. The largest absolute Gasteiger partial charge is 0.462 e. The van der Waals surface area contributed by atoms with Crippen molar-refractivity contribution < 1.29 is 14.3 Å². The summed E-state index contributed by atoms with van der Waals surface area (Å²) in [6.45, 7) is 4.43. The van der Waals surface area contributed by atoms with Gasteiger partial charge < -0.3 is 9.64 Å². The lowest BCUT2D eigenvalue weighted by atomic mass is 10.2. The summed E-state index contributed by atoms with van der Waals surface area (Å²) in [4.78, 5) is 25.6. The minimum atomic E-state index is -0.477. The summed E-state index contributed by atoms with van der Waals surface area (Å²) in [5.74, 6) is 0.305. The fourth-order valence-electron chi connectivity index (χ4n) is 2.34. The molecule has 0 aromatic carbocycles. The van der Waals surface area contributed by atoms with E-state index < -0.39 is 5.97 Å². The summed E-state index contributed by atoms with van der Waals surface area (Å²) in [7, 11) is 0. The van der Waals surface area contributed by atoms with Crippen molar-refractivity contribution in [2.45, 2.75) is 32.7 Å². The molecule has 5 heteroatoms. The molecular weight excluding hydrogens is 238 g/mol. The molecule has 0 aliphatic carbocycles. The van der Waals surface area contributed by atoms with Crippen molar-refractivity contribution in [2.24, 2.45) is 0 Å². The quantitative estimate of drug-likeness (QED) is 0.331. The zero-order valence-corrected chi connectivity index (χ0v) is 11.0. The molecule has 2 aliphatic rings. The van der Waals surface area contributed by atoms with Gasteiger partial charge in [0.15, 0.2) is 5.78 Å². The molecule has 0 radical (unpaired) electrons. The van der Waals surface area contributed by atoms with Gasteiger partial charge in [0.2, 0.25) is 0 Å². The van der Waals surface area contributed by atoms with Crippen LogP contribution in [-0.4, -0.2) is 41.6 Å². The number of carbonyl (C=O) groups excluding carboxylic acids is 2. The second kappa shape index (κ2) is 5.12. The first-order chi connectivity index (χ1) is 8.15. The van der Waals surface area contributed by atoms with E-state index >= 15 is 0 Å². The first kappa shape index (κ1) is 12.5. The van der Waals surface area contributed by atoms with Crippen molar-refractivity contribution in [1.29, 1.82) is 0 Å². The predicted octanol–water partition coefficient (Wildman–Crippen LogP) is 1.56. The molecule has 94 valence electrons. The van der Waals surface area contributed by atoms with E-state index in [0.717, 1.165) is 30.2 Å². The van der Waals surface area contributed by atoms with Crippen molar-refractivity contribution in [3.05, 3.63) is 10.6 Å². The van der Waals surface area contributed by atoms with E-state index in [0.29, 0.717) is 12.6 Å². The molecule has 1 atom stereocenters. The molecule has 4 nitrogen and oxygen atoms in total. The summed E-state index contributed by atoms with van der Waals surface area (Å²) in [5, 5.41) is 0.832. The van der Waals surface area contributed by atoms with Crippen molar-refractivity contribution in [3.8, 4) is 0 Å². The number of fused-ring (bicyclic) bond motifs is 1. The molecule has 0 unspecified atom stereocenters. The van der Waals surface area contributed by atoms with Crippen molar-refractivity contribution in [1.82, 2.24) is 4.90 Å². The van der Waals surface area contributed by atoms with Gasteiger partial charge in [0.25, 0.3) is 0 Å². The van der Waals surface area contributed by atoms with Crippen LogP contribution < -0.4 is 0 Å². The van der Waals surface area contributed by atoms with Gasteiger partial charge in [0.1, 0.15) is 5.57 Å². The molecule has 0 bridgehead atoms. The highest BCUT2D eigenvalue weighted by molar-refractivity contribution is 8.03. The summed E-state index contributed by atoms with van der Waals surface area (Å²) in [6, 6.07) is 0.499. The molecule has 2 heterocycles. The van der Waals surface area contributed by atoms with Crippen LogP contribution in [0.5, 0.6) is 0 Å². The van der Waals surface area contributed by atoms with Gasteiger partial charge in [-0.25, -0.2) is 4.79 Å². The maximum atomic E-state index is 11.8. The Labute approximate surface area is 105 Å². The van der Waals surface area contributed by atoms with Gasteiger partial charge in [-0.1, -0.05) is 0 Å². The summed E-state index contributed by atoms with van der Waals surface area (Å²) in [6.07, 6.45) is 2.30. The van der Waals surface area contributed by atoms with Crippen LogP contribution in [0.15, 0.2) is 10.6 Å². The van der Waals surface area contributed by atoms with Gasteiger partial charge in [-0.2, -0.15) is 0 Å². The standard InChI is InChI=1S/C12H17NO3S/c1-3-16-12(15)10(8(2)14)11-13-6-4-5-9(13)7-17-11/h9H,3-7H2,1-2H3/b11-10+/t9-/m0/s1. The first-order valence-corrected chi connectivity index (χ1v) is 6.95. The Hall–Kier alpha value is -0.970. The maximum Gasteiger partial charge on any atom is 0.344 e. The van der Waals surface area contributed by atoms with Gasteiger partial charge in [-0.05, 0) is 26.7 Å². The van der Waals surface area contributed by atoms with Crippen molar-refractivity contribution >= 4 is 23.5 Å². The number of ketones is 1. The minimum absolute atomic E-state index is 0.196. The molecule has 2 rings (SSSR count). The number of carbonyl (C=O) groups is 2. The highest BCUT2D eigenvalue weighted by Crippen LogP contribution is 2.40. The minimum Gasteiger partial charge on any atom is -0.462 e. The Balaban J connectivity index is 2.30. The monoisotopic (exact) mass is 255 g/mol. The van der Waals surface area contributed by atoms with Crippen LogP contribution in [0, 0.1) is 0 Å². The fourth-order valence-corrected chi connectivity index (χ4v) is 3.81. The molecule has 0 N–H and O–H groups in total. The Morgan fingerprint density at radius 2 is 2.29 bits per heavy atom. The van der Waals surface area contributed by atoms with E-state index in [1.807, 2.05) is 0 Å². The number of nitrogens with zero attached hydrogens (tertiary/aromatic N) is 1. The van der Waals surface area contributed by atoms with E-state index in [2.05, 4.69) is 4.90 Å². The average Bonchev–Trinajstić information content (AvgIpc) is 2.82. The molecule has 0 aromatic heterocycles. The summed E-state index contributed by atoms with van der Waals surface area (Å²) in [5.41, 5.74) is 0.237. The molecule has 2 fully saturated rings. The third-order valence-corrected chi connectivity index (χ3v) is 4.36. The van der Waals surface area contributed by atoms with Crippen LogP contribution in [0.4, 0.5) is 0 Å². The number of hydrogen-bond donors (Lipinski definition) is 0. The van der Waals surface area contributed by atoms with Gasteiger partial charge in [-0.3, -0.25) is 4.79 Å². The third-order valence-electron chi connectivity index (χ3n) is 3.10. The number of esters is 1. The SMILES string of the molecule is CCOC(=O)/C(C(C)=O)=C1/SC[C@@H]2CCCN12. The molecule has 0 saturated carbocycles. The predicted molar refractivity (Wildman–Crippen MR) is 66.5 cm³/mol. The highest BCUT2D eigenvalue weighted by atomic mass is 32.2. The van der Waals surface area contributed by atoms with Gasteiger partial charge >= 0.3 is 5.97 Å². The molecular formula is C12H17NO3S.